The van der Waals surface area contributed by atoms with E-state index in [1.54, 1.807) is 6.20 Å². The number of aromatic amines is 1. The summed E-state index contributed by atoms with van der Waals surface area (Å²) < 4.78 is 1.53. The Morgan fingerprint density at radius 3 is 3.15 bits per heavy atom. The molecule has 2 heterocycles. The number of hydrogen-bond acceptors (Lipinski definition) is 3. The third-order valence-corrected chi connectivity index (χ3v) is 1.99. The molecule has 0 saturated heterocycles. The van der Waals surface area contributed by atoms with Crippen molar-refractivity contribution in [2.75, 3.05) is 5.73 Å². The van der Waals surface area contributed by atoms with Crippen LogP contribution in [0.5, 0.6) is 0 Å². The summed E-state index contributed by atoms with van der Waals surface area (Å²) in [6.45, 7) is 2.00. The van der Waals surface area contributed by atoms with E-state index in [1.165, 1.54) is 10.6 Å². The van der Waals surface area contributed by atoms with E-state index >= 15 is 0 Å². The molecule has 0 atom stereocenters. The van der Waals surface area contributed by atoms with Gasteiger partial charge in [-0.05, 0) is 6.42 Å². The van der Waals surface area contributed by atoms with Crippen LogP contribution in [0, 0.1) is 0 Å². The molecule has 0 unspecified atom stereocenters. The van der Waals surface area contributed by atoms with Gasteiger partial charge >= 0.3 is 0 Å². The van der Waals surface area contributed by atoms with Crippen LogP contribution in [0.25, 0.3) is 5.65 Å². The summed E-state index contributed by atoms with van der Waals surface area (Å²) in [6, 6.07) is 1.32. The molecule has 0 saturated carbocycles. The van der Waals surface area contributed by atoms with Crippen LogP contribution >= 0.6 is 0 Å². The quantitative estimate of drug-likeness (QED) is 0.653. The van der Waals surface area contributed by atoms with Crippen LogP contribution in [0.3, 0.4) is 0 Å². The normalized spacial score (nSPS) is 10.8. The number of nitrogens with zero attached hydrogens (tertiary/aromatic N) is 2. The van der Waals surface area contributed by atoms with Crippen molar-refractivity contribution in [1.82, 2.24) is 14.6 Å². The van der Waals surface area contributed by atoms with Crippen molar-refractivity contribution in [3.05, 3.63) is 28.2 Å². The molecule has 0 fully saturated rings. The number of aromatic nitrogens is 3. The van der Waals surface area contributed by atoms with E-state index in [0.717, 1.165) is 12.0 Å². The summed E-state index contributed by atoms with van der Waals surface area (Å²) in [5.41, 5.74) is 7.09. The van der Waals surface area contributed by atoms with Crippen molar-refractivity contribution in [2.45, 2.75) is 13.3 Å². The van der Waals surface area contributed by atoms with Gasteiger partial charge in [0, 0.05) is 11.6 Å². The predicted molar refractivity (Wildman–Crippen MR) is 49.6 cm³/mol. The zero-order valence-electron chi connectivity index (χ0n) is 7.24. The fourth-order valence-corrected chi connectivity index (χ4v) is 1.32. The second-order valence-electron chi connectivity index (χ2n) is 2.84. The standard InChI is InChI=1S/C8H10N4O/c1-2-5-4-10-12-6(9)3-7(13)11-8(5)12/h3-4H,2,9H2,1H3,(H,11,13). The second-order valence-corrected chi connectivity index (χ2v) is 2.84. The Morgan fingerprint density at radius 1 is 1.69 bits per heavy atom. The number of fused-ring (bicyclic) bond motifs is 1. The van der Waals surface area contributed by atoms with Crippen molar-refractivity contribution in [1.29, 1.82) is 0 Å². The van der Waals surface area contributed by atoms with Crippen molar-refractivity contribution in [2.24, 2.45) is 0 Å². The van der Waals surface area contributed by atoms with Gasteiger partial charge in [0.2, 0.25) is 0 Å². The molecule has 0 aliphatic carbocycles. The average Bonchev–Trinajstić information content (AvgIpc) is 2.47. The van der Waals surface area contributed by atoms with Crippen molar-refractivity contribution in [3.8, 4) is 0 Å². The number of hydrogen-bond donors (Lipinski definition) is 2. The first-order chi connectivity index (χ1) is 6.22. The Morgan fingerprint density at radius 2 is 2.46 bits per heavy atom. The number of aryl methyl sites for hydroxylation is 1. The predicted octanol–water partition coefficient (Wildman–Crippen LogP) is 0.167. The second kappa shape index (κ2) is 2.62. The highest BCUT2D eigenvalue weighted by atomic mass is 16.1. The Bertz CT molecular complexity index is 496. The SMILES string of the molecule is CCc1cnn2c(N)cc(=O)[nH]c12. The van der Waals surface area contributed by atoms with Gasteiger partial charge < -0.3 is 10.7 Å². The van der Waals surface area contributed by atoms with Gasteiger partial charge in [-0.15, -0.1) is 0 Å². The van der Waals surface area contributed by atoms with Gasteiger partial charge in [-0.2, -0.15) is 5.10 Å². The maximum atomic E-state index is 11.1. The molecule has 13 heavy (non-hydrogen) atoms. The van der Waals surface area contributed by atoms with Crippen LogP contribution in [0.4, 0.5) is 5.82 Å². The van der Waals surface area contributed by atoms with E-state index in [0.29, 0.717) is 11.5 Å². The van der Waals surface area contributed by atoms with E-state index in [4.69, 9.17) is 5.73 Å². The largest absolute Gasteiger partial charge is 0.383 e. The topological polar surface area (TPSA) is 76.2 Å². The molecule has 0 radical (unpaired) electrons. The first-order valence-electron chi connectivity index (χ1n) is 4.07. The zero-order chi connectivity index (χ0) is 9.42. The lowest BCUT2D eigenvalue weighted by molar-refractivity contribution is 0.943. The molecule has 2 aromatic heterocycles. The van der Waals surface area contributed by atoms with Crippen molar-refractivity contribution in [3.63, 3.8) is 0 Å². The number of anilines is 1. The summed E-state index contributed by atoms with van der Waals surface area (Å²) in [6.07, 6.45) is 2.53. The molecule has 2 aromatic rings. The van der Waals surface area contributed by atoms with Crippen LogP contribution in [0.1, 0.15) is 12.5 Å². The number of nitrogens with one attached hydrogen (secondary N) is 1. The number of nitrogen functional groups attached to an aromatic ring is 1. The molecule has 2 rings (SSSR count). The van der Waals surface area contributed by atoms with Gasteiger partial charge in [-0.3, -0.25) is 4.79 Å². The fourth-order valence-electron chi connectivity index (χ4n) is 1.32. The van der Waals surface area contributed by atoms with E-state index in [9.17, 15) is 4.79 Å². The lowest BCUT2D eigenvalue weighted by Gasteiger charge is -1.97. The highest BCUT2D eigenvalue weighted by molar-refractivity contribution is 5.50. The molecular formula is C8H10N4O. The molecule has 0 aliphatic rings. The average molecular weight is 178 g/mol. The third kappa shape index (κ3) is 1.09. The highest BCUT2D eigenvalue weighted by Gasteiger charge is 2.04. The Labute approximate surface area is 74.2 Å². The minimum absolute atomic E-state index is 0.194. The first-order valence-corrected chi connectivity index (χ1v) is 4.07. The maximum Gasteiger partial charge on any atom is 0.253 e. The van der Waals surface area contributed by atoms with Crippen LogP contribution in [0.15, 0.2) is 17.1 Å². The Hall–Kier alpha value is -1.78. The lowest BCUT2D eigenvalue weighted by Crippen LogP contribution is -2.11. The summed E-state index contributed by atoms with van der Waals surface area (Å²) >= 11 is 0. The van der Waals surface area contributed by atoms with Gasteiger partial charge in [0.1, 0.15) is 11.5 Å². The molecule has 5 nitrogen and oxygen atoms in total. The van der Waals surface area contributed by atoms with Crippen LogP contribution < -0.4 is 11.3 Å². The first kappa shape index (κ1) is 7.85. The maximum absolute atomic E-state index is 11.1. The molecule has 3 N–H and O–H groups in total. The van der Waals surface area contributed by atoms with Crippen LogP contribution in [-0.4, -0.2) is 14.6 Å². The van der Waals surface area contributed by atoms with E-state index in [1.807, 2.05) is 6.92 Å². The van der Waals surface area contributed by atoms with Crippen LogP contribution in [0.2, 0.25) is 0 Å². The molecule has 0 bridgehead atoms. The summed E-state index contributed by atoms with van der Waals surface area (Å²) in [5.74, 6) is 0.360. The van der Waals surface area contributed by atoms with E-state index < -0.39 is 0 Å². The summed E-state index contributed by atoms with van der Waals surface area (Å²) in [5, 5.41) is 4.05. The van der Waals surface area contributed by atoms with Gasteiger partial charge in [0.05, 0.1) is 6.20 Å². The molecule has 5 heteroatoms. The molecular weight excluding hydrogens is 168 g/mol. The van der Waals surface area contributed by atoms with Crippen molar-refractivity contribution >= 4 is 11.5 Å². The minimum atomic E-state index is -0.194. The number of rotatable bonds is 1. The number of H-pyrrole nitrogens is 1. The minimum Gasteiger partial charge on any atom is -0.383 e. The van der Waals surface area contributed by atoms with Gasteiger partial charge in [0.25, 0.3) is 5.56 Å². The molecule has 0 spiro atoms. The number of nitrogens with two attached hydrogens (primary N) is 1. The molecule has 0 aliphatic heterocycles. The lowest BCUT2D eigenvalue weighted by atomic mass is 10.3. The smallest absolute Gasteiger partial charge is 0.253 e. The van der Waals surface area contributed by atoms with E-state index in [2.05, 4.69) is 10.1 Å². The van der Waals surface area contributed by atoms with Gasteiger partial charge in [-0.25, -0.2) is 4.52 Å². The fraction of sp³-hybridized carbons (Fsp3) is 0.250. The Kier molecular flexibility index (Phi) is 1.58. The zero-order valence-corrected chi connectivity index (χ0v) is 7.24. The van der Waals surface area contributed by atoms with E-state index in [-0.39, 0.29) is 5.56 Å². The van der Waals surface area contributed by atoms with Crippen molar-refractivity contribution < 1.29 is 0 Å². The third-order valence-electron chi connectivity index (χ3n) is 1.99. The molecule has 68 valence electrons. The highest BCUT2D eigenvalue weighted by Crippen LogP contribution is 2.09. The van der Waals surface area contributed by atoms with Gasteiger partial charge in [0.15, 0.2) is 0 Å². The summed E-state index contributed by atoms with van der Waals surface area (Å²) in [4.78, 5) is 13.8. The van der Waals surface area contributed by atoms with Crippen LogP contribution in [-0.2, 0) is 6.42 Å². The monoisotopic (exact) mass is 178 g/mol. The van der Waals surface area contributed by atoms with Gasteiger partial charge in [-0.1, -0.05) is 6.92 Å². The molecule has 0 aromatic carbocycles. The summed E-state index contributed by atoms with van der Waals surface area (Å²) in [7, 11) is 0. The molecule has 0 amide bonds. The Balaban J connectivity index is 2.90.